The fourth-order valence-corrected chi connectivity index (χ4v) is 2.19. The normalized spacial score (nSPS) is 23.0. The van der Waals surface area contributed by atoms with Crippen molar-refractivity contribution in [1.29, 1.82) is 5.26 Å². The van der Waals surface area contributed by atoms with E-state index in [9.17, 15) is 5.26 Å². The summed E-state index contributed by atoms with van der Waals surface area (Å²) in [6.07, 6.45) is 1.61. The summed E-state index contributed by atoms with van der Waals surface area (Å²) in [6, 6.07) is 3.83. The molecule has 0 aromatic carbocycles. The van der Waals surface area contributed by atoms with Gasteiger partial charge in [0.05, 0.1) is 24.4 Å². The van der Waals surface area contributed by atoms with Gasteiger partial charge in [0.15, 0.2) is 0 Å². The molecule has 0 bridgehead atoms. The summed E-state index contributed by atoms with van der Waals surface area (Å²) in [5, 5.41) is 9.31. The lowest BCUT2D eigenvalue weighted by molar-refractivity contribution is -0.0814. The molecule has 0 radical (unpaired) electrons. The maximum atomic E-state index is 9.31. The Balaban J connectivity index is 1.82. The summed E-state index contributed by atoms with van der Waals surface area (Å²) < 4.78 is 22.6. The van der Waals surface area contributed by atoms with E-state index >= 15 is 0 Å². The van der Waals surface area contributed by atoms with Crippen LogP contribution in [0.1, 0.15) is 33.3 Å². The Bertz CT molecular complexity index is 606. The molecule has 1 aromatic rings. The zero-order chi connectivity index (χ0) is 16.0. The molecule has 7 heteroatoms. The number of hydrogen-bond acceptors (Lipinski definition) is 6. The molecule has 0 aliphatic carbocycles. The zero-order valence-electron chi connectivity index (χ0n) is 13.3. The fraction of sp³-hybridized carbons (Fsp3) is 0.600. The van der Waals surface area contributed by atoms with Crippen LogP contribution in [0.15, 0.2) is 12.3 Å². The second kappa shape index (κ2) is 5.23. The van der Waals surface area contributed by atoms with Crippen LogP contribution >= 0.6 is 0 Å². The van der Waals surface area contributed by atoms with Crippen LogP contribution in [-0.2, 0) is 14.0 Å². The second-order valence-corrected chi connectivity index (χ2v) is 6.60. The lowest BCUT2D eigenvalue weighted by Gasteiger charge is -2.32. The van der Waals surface area contributed by atoms with Crippen LogP contribution in [-0.4, -0.2) is 42.6 Å². The van der Waals surface area contributed by atoms with Gasteiger partial charge in [-0.05, 0) is 33.8 Å². The van der Waals surface area contributed by atoms with Crippen molar-refractivity contribution in [2.75, 3.05) is 13.2 Å². The summed E-state index contributed by atoms with van der Waals surface area (Å²) in [6.45, 7) is 9.01. The van der Waals surface area contributed by atoms with Crippen molar-refractivity contribution >= 4 is 12.6 Å². The quantitative estimate of drug-likeness (QED) is 0.776. The molecule has 2 aliphatic rings. The molecule has 0 amide bonds. The zero-order valence-corrected chi connectivity index (χ0v) is 13.3. The van der Waals surface area contributed by atoms with Gasteiger partial charge in [0.2, 0.25) is 5.88 Å². The third-order valence-corrected chi connectivity index (χ3v) is 4.40. The van der Waals surface area contributed by atoms with Crippen LogP contribution in [0.5, 0.6) is 5.88 Å². The van der Waals surface area contributed by atoms with Crippen molar-refractivity contribution in [2.24, 2.45) is 0 Å². The summed E-state index contributed by atoms with van der Waals surface area (Å²) >= 11 is 0. The van der Waals surface area contributed by atoms with Crippen LogP contribution < -0.4 is 10.2 Å². The van der Waals surface area contributed by atoms with Gasteiger partial charge in [-0.15, -0.1) is 0 Å². The third kappa shape index (κ3) is 2.58. The molecular formula is C15H19BN2O4. The molecule has 2 fully saturated rings. The highest BCUT2D eigenvalue weighted by molar-refractivity contribution is 6.62. The van der Waals surface area contributed by atoms with Crippen molar-refractivity contribution in [3.05, 3.63) is 17.8 Å². The molecule has 2 saturated heterocycles. The molecule has 22 heavy (non-hydrogen) atoms. The molecule has 116 valence electrons. The number of nitriles is 1. The van der Waals surface area contributed by atoms with E-state index in [0.29, 0.717) is 30.1 Å². The summed E-state index contributed by atoms with van der Waals surface area (Å²) in [5.74, 6) is 0.330. The average Bonchev–Trinajstić information content (AvgIpc) is 2.63. The number of hydrogen-bond donors (Lipinski definition) is 0. The Labute approximate surface area is 130 Å². The number of nitrogens with zero attached hydrogens (tertiary/aromatic N) is 2. The highest BCUT2D eigenvalue weighted by atomic mass is 16.7. The number of ether oxygens (including phenoxy) is 2. The van der Waals surface area contributed by atoms with E-state index in [0.717, 1.165) is 0 Å². The maximum Gasteiger partial charge on any atom is 0.496 e. The van der Waals surface area contributed by atoms with Gasteiger partial charge in [-0.3, -0.25) is 0 Å². The summed E-state index contributed by atoms with van der Waals surface area (Å²) in [5.41, 5.74) is 0.234. The summed E-state index contributed by atoms with van der Waals surface area (Å²) in [4.78, 5) is 4.25. The van der Waals surface area contributed by atoms with E-state index in [1.807, 2.05) is 27.7 Å². The summed E-state index contributed by atoms with van der Waals surface area (Å²) in [7, 11) is -0.536. The minimum Gasteiger partial charge on any atom is -0.468 e. The van der Waals surface area contributed by atoms with Gasteiger partial charge in [0.25, 0.3) is 0 Å². The highest BCUT2D eigenvalue weighted by Gasteiger charge is 2.52. The van der Waals surface area contributed by atoms with E-state index < -0.39 is 18.3 Å². The van der Waals surface area contributed by atoms with Gasteiger partial charge in [0.1, 0.15) is 17.7 Å². The first kappa shape index (κ1) is 15.3. The van der Waals surface area contributed by atoms with Crippen LogP contribution in [0.25, 0.3) is 0 Å². The minimum atomic E-state index is -0.536. The van der Waals surface area contributed by atoms with Crippen LogP contribution in [0.2, 0.25) is 0 Å². The Morgan fingerprint density at radius 2 is 1.91 bits per heavy atom. The first-order chi connectivity index (χ1) is 10.3. The monoisotopic (exact) mass is 302 g/mol. The molecule has 2 aliphatic heterocycles. The third-order valence-electron chi connectivity index (χ3n) is 4.40. The molecule has 3 heterocycles. The molecule has 0 unspecified atom stereocenters. The molecule has 6 nitrogen and oxygen atoms in total. The van der Waals surface area contributed by atoms with Gasteiger partial charge in [-0.25, -0.2) is 4.98 Å². The molecule has 0 atom stereocenters. The van der Waals surface area contributed by atoms with Gasteiger partial charge >= 0.3 is 7.12 Å². The molecular weight excluding hydrogens is 283 g/mol. The minimum absolute atomic E-state index is 0.0257. The lowest BCUT2D eigenvalue weighted by Crippen LogP contribution is -2.41. The van der Waals surface area contributed by atoms with Crippen LogP contribution in [0.4, 0.5) is 0 Å². The van der Waals surface area contributed by atoms with E-state index in [1.165, 1.54) is 0 Å². The maximum absolute atomic E-state index is 9.31. The predicted octanol–water partition coefficient (Wildman–Crippen LogP) is 1.03. The Morgan fingerprint density at radius 3 is 2.41 bits per heavy atom. The van der Waals surface area contributed by atoms with E-state index in [2.05, 4.69) is 11.1 Å². The van der Waals surface area contributed by atoms with Crippen molar-refractivity contribution < 1.29 is 18.8 Å². The lowest BCUT2D eigenvalue weighted by atomic mass is 9.80. The van der Waals surface area contributed by atoms with Crippen LogP contribution in [0.3, 0.4) is 0 Å². The van der Waals surface area contributed by atoms with Crippen molar-refractivity contribution in [3.63, 3.8) is 0 Å². The van der Waals surface area contributed by atoms with Gasteiger partial charge in [-0.1, -0.05) is 0 Å². The van der Waals surface area contributed by atoms with E-state index in [1.54, 1.807) is 12.3 Å². The molecule has 3 rings (SSSR count). The molecule has 0 spiro atoms. The molecule has 0 saturated carbocycles. The number of pyridine rings is 1. The highest BCUT2D eigenvalue weighted by Crippen LogP contribution is 2.36. The van der Waals surface area contributed by atoms with Crippen molar-refractivity contribution in [3.8, 4) is 11.9 Å². The average molecular weight is 302 g/mol. The van der Waals surface area contributed by atoms with E-state index in [-0.39, 0.29) is 6.10 Å². The number of aromatic nitrogens is 1. The van der Waals surface area contributed by atoms with Crippen molar-refractivity contribution in [1.82, 2.24) is 4.98 Å². The first-order valence-corrected chi connectivity index (χ1v) is 7.32. The van der Waals surface area contributed by atoms with Gasteiger partial charge in [0, 0.05) is 11.7 Å². The predicted molar refractivity (Wildman–Crippen MR) is 79.9 cm³/mol. The van der Waals surface area contributed by atoms with Crippen LogP contribution in [0, 0.1) is 11.3 Å². The smallest absolute Gasteiger partial charge is 0.468 e. The fourth-order valence-electron chi connectivity index (χ4n) is 2.19. The van der Waals surface area contributed by atoms with Gasteiger partial charge in [-0.2, -0.15) is 5.26 Å². The van der Waals surface area contributed by atoms with Gasteiger partial charge < -0.3 is 18.8 Å². The Kier molecular flexibility index (Phi) is 3.64. The molecule has 0 N–H and O–H groups in total. The standard InChI is InChI=1S/C15H19BN2O4/c1-14(2)15(3,4)22-16(21-14)11-5-10(6-17)13(18-7-11)20-12-8-19-9-12/h5,7,12H,8-9H2,1-4H3. The largest absolute Gasteiger partial charge is 0.496 e. The topological polar surface area (TPSA) is 73.6 Å². The Hall–Kier alpha value is -1.62. The molecule has 1 aromatic heterocycles. The first-order valence-electron chi connectivity index (χ1n) is 7.32. The number of rotatable bonds is 3. The Morgan fingerprint density at radius 1 is 1.27 bits per heavy atom. The van der Waals surface area contributed by atoms with E-state index in [4.69, 9.17) is 18.8 Å². The SMILES string of the molecule is CC1(C)OB(c2cnc(OC3COC3)c(C#N)c2)OC1(C)C. The van der Waals surface area contributed by atoms with Crippen molar-refractivity contribution in [2.45, 2.75) is 45.0 Å². The second-order valence-electron chi connectivity index (χ2n) is 6.60.